The van der Waals surface area contributed by atoms with E-state index in [0.29, 0.717) is 0 Å². The Morgan fingerprint density at radius 1 is 0.741 bits per heavy atom. The number of para-hydroxylation sites is 1. The second-order valence-electron chi connectivity index (χ2n) is 6.72. The molecule has 0 bridgehead atoms. The van der Waals surface area contributed by atoms with Crippen molar-refractivity contribution in [1.29, 1.82) is 0 Å². The third kappa shape index (κ3) is 2.77. The Labute approximate surface area is 167 Å². The lowest BCUT2D eigenvalue weighted by Crippen LogP contribution is -1.96. The van der Waals surface area contributed by atoms with Crippen LogP contribution >= 0.6 is 15.9 Å². The van der Waals surface area contributed by atoms with E-state index in [2.05, 4.69) is 118 Å². The lowest BCUT2D eigenvalue weighted by molar-refractivity contribution is 1.10. The third-order valence-corrected chi connectivity index (χ3v) is 5.60. The van der Waals surface area contributed by atoms with Crippen molar-refractivity contribution in [2.75, 3.05) is 0 Å². The Hall–Kier alpha value is -2.84. The number of hydrogen-bond donors (Lipinski definition) is 0. The number of allylic oxidation sites excluding steroid dienone is 2. The van der Waals surface area contributed by atoms with Gasteiger partial charge in [0.05, 0.1) is 11.2 Å². The summed E-state index contributed by atoms with van der Waals surface area (Å²) < 4.78 is 3.47. The molecule has 0 radical (unpaired) electrons. The molecule has 0 fully saturated rings. The standard InChI is InChI=1S/C25H18BrN/c26-19-16-14-18(15-17-19)21-11-7-13-24-25(21)22-10-5-2-6-12-23(22)27(24)20-8-3-1-4-9-20/h1,3-17H,2H2. The van der Waals surface area contributed by atoms with Crippen molar-refractivity contribution in [3.8, 4) is 16.8 Å². The summed E-state index contributed by atoms with van der Waals surface area (Å²) in [5, 5.41) is 1.31. The molecule has 1 nitrogen and oxygen atoms in total. The van der Waals surface area contributed by atoms with E-state index in [9.17, 15) is 0 Å². The second kappa shape index (κ2) is 6.71. The van der Waals surface area contributed by atoms with Gasteiger partial charge in [-0.05, 0) is 54.0 Å². The summed E-state index contributed by atoms with van der Waals surface area (Å²) in [7, 11) is 0. The number of halogens is 1. The van der Waals surface area contributed by atoms with E-state index in [0.717, 1.165) is 10.9 Å². The van der Waals surface area contributed by atoms with E-state index in [1.54, 1.807) is 0 Å². The van der Waals surface area contributed by atoms with Crippen LogP contribution in [0.2, 0.25) is 0 Å². The Bertz CT molecular complexity index is 1180. The number of aromatic nitrogens is 1. The lowest BCUT2D eigenvalue weighted by Gasteiger charge is -2.09. The van der Waals surface area contributed by atoms with Gasteiger partial charge >= 0.3 is 0 Å². The first kappa shape index (κ1) is 16.3. The van der Waals surface area contributed by atoms with Gasteiger partial charge in [-0.1, -0.05) is 76.6 Å². The number of benzene rings is 3. The summed E-state index contributed by atoms with van der Waals surface area (Å²) >= 11 is 3.55. The molecular weight excluding hydrogens is 394 g/mol. The SMILES string of the molecule is Brc1ccc(-c2cccc3c2c2c(n3-c3ccccc3)C=CCC=C2)cc1. The van der Waals surface area contributed by atoms with Crippen molar-refractivity contribution >= 4 is 39.0 Å². The molecule has 0 N–H and O–H groups in total. The van der Waals surface area contributed by atoms with Gasteiger partial charge in [0.15, 0.2) is 0 Å². The van der Waals surface area contributed by atoms with Crippen molar-refractivity contribution in [2.24, 2.45) is 0 Å². The zero-order valence-corrected chi connectivity index (χ0v) is 16.4. The van der Waals surface area contributed by atoms with Crippen LogP contribution < -0.4 is 0 Å². The van der Waals surface area contributed by atoms with Gasteiger partial charge in [0, 0.05) is 21.1 Å². The molecule has 27 heavy (non-hydrogen) atoms. The molecule has 5 rings (SSSR count). The maximum atomic E-state index is 3.55. The van der Waals surface area contributed by atoms with Crippen LogP contribution in [-0.2, 0) is 0 Å². The fourth-order valence-electron chi connectivity index (χ4n) is 3.89. The average molecular weight is 412 g/mol. The van der Waals surface area contributed by atoms with Crippen molar-refractivity contribution < 1.29 is 0 Å². The quantitative estimate of drug-likeness (QED) is 0.321. The minimum atomic E-state index is 0.964. The summed E-state index contributed by atoms with van der Waals surface area (Å²) in [6, 6.07) is 25.8. The molecule has 1 aliphatic rings. The number of fused-ring (bicyclic) bond motifs is 3. The molecule has 1 heterocycles. The predicted octanol–water partition coefficient (Wildman–Crippen LogP) is 7.49. The van der Waals surface area contributed by atoms with Gasteiger partial charge in [-0.3, -0.25) is 0 Å². The molecule has 0 aliphatic heterocycles. The molecule has 0 atom stereocenters. The van der Waals surface area contributed by atoms with E-state index in [1.807, 2.05) is 0 Å². The molecule has 0 spiro atoms. The fourth-order valence-corrected chi connectivity index (χ4v) is 4.15. The largest absolute Gasteiger partial charge is 0.309 e. The molecule has 130 valence electrons. The van der Waals surface area contributed by atoms with Gasteiger partial charge in [0.2, 0.25) is 0 Å². The average Bonchev–Trinajstić information content (AvgIpc) is 2.85. The van der Waals surface area contributed by atoms with Gasteiger partial charge in [-0.2, -0.15) is 0 Å². The van der Waals surface area contributed by atoms with Crippen LogP contribution in [0, 0.1) is 0 Å². The summed E-state index contributed by atoms with van der Waals surface area (Å²) in [5.74, 6) is 0. The van der Waals surface area contributed by atoms with Crippen LogP contribution in [0.15, 0.2) is 89.4 Å². The van der Waals surface area contributed by atoms with E-state index >= 15 is 0 Å². The smallest absolute Gasteiger partial charge is 0.0547 e. The minimum absolute atomic E-state index is 0.964. The molecule has 0 saturated heterocycles. The topological polar surface area (TPSA) is 4.93 Å². The Kier molecular flexibility index (Phi) is 4.06. The first-order valence-electron chi connectivity index (χ1n) is 9.15. The van der Waals surface area contributed by atoms with Crippen LogP contribution in [0.5, 0.6) is 0 Å². The Morgan fingerprint density at radius 2 is 1.52 bits per heavy atom. The monoisotopic (exact) mass is 411 g/mol. The van der Waals surface area contributed by atoms with Crippen molar-refractivity contribution in [2.45, 2.75) is 6.42 Å². The van der Waals surface area contributed by atoms with E-state index in [4.69, 9.17) is 0 Å². The minimum Gasteiger partial charge on any atom is -0.309 e. The van der Waals surface area contributed by atoms with Crippen LogP contribution in [-0.4, -0.2) is 4.57 Å². The summed E-state index contributed by atoms with van der Waals surface area (Å²) in [6.45, 7) is 0. The molecule has 0 unspecified atom stereocenters. The molecule has 0 saturated carbocycles. The highest BCUT2D eigenvalue weighted by Crippen LogP contribution is 2.39. The summed E-state index contributed by atoms with van der Waals surface area (Å²) in [6.07, 6.45) is 9.98. The highest BCUT2D eigenvalue weighted by Gasteiger charge is 2.19. The first-order valence-corrected chi connectivity index (χ1v) is 9.94. The van der Waals surface area contributed by atoms with Crippen LogP contribution in [0.4, 0.5) is 0 Å². The highest BCUT2D eigenvalue weighted by atomic mass is 79.9. The van der Waals surface area contributed by atoms with Gasteiger partial charge in [-0.25, -0.2) is 0 Å². The van der Waals surface area contributed by atoms with Crippen LogP contribution in [0.25, 0.3) is 39.9 Å². The van der Waals surface area contributed by atoms with E-state index in [-0.39, 0.29) is 0 Å². The molecule has 1 aromatic heterocycles. The van der Waals surface area contributed by atoms with Crippen LogP contribution in [0.3, 0.4) is 0 Å². The third-order valence-electron chi connectivity index (χ3n) is 5.07. The summed E-state index contributed by atoms with van der Waals surface area (Å²) in [5.41, 5.74) is 7.47. The molecule has 2 heteroatoms. The Balaban J connectivity index is 1.90. The van der Waals surface area contributed by atoms with E-state index in [1.165, 1.54) is 39.0 Å². The second-order valence-corrected chi connectivity index (χ2v) is 7.63. The molecule has 1 aliphatic carbocycles. The highest BCUT2D eigenvalue weighted by molar-refractivity contribution is 9.10. The molecular formula is C25H18BrN. The number of nitrogens with zero attached hydrogens (tertiary/aromatic N) is 1. The maximum Gasteiger partial charge on any atom is 0.0547 e. The predicted molar refractivity (Wildman–Crippen MR) is 119 cm³/mol. The summed E-state index contributed by atoms with van der Waals surface area (Å²) in [4.78, 5) is 0. The van der Waals surface area contributed by atoms with Crippen molar-refractivity contribution in [3.63, 3.8) is 0 Å². The Morgan fingerprint density at radius 3 is 2.33 bits per heavy atom. The van der Waals surface area contributed by atoms with Gasteiger partial charge < -0.3 is 4.57 Å². The van der Waals surface area contributed by atoms with Gasteiger partial charge in [-0.15, -0.1) is 0 Å². The maximum absolute atomic E-state index is 3.55. The first-order chi connectivity index (χ1) is 13.3. The van der Waals surface area contributed by atoms with Gasteiger partial charge in [0.25, 0.3) is 0 Å². The lowest BCUT2D eigenvalue weighted by atomic mass is 9.98. The van der Waals surface area contributed by atoms with Crippen molar-refractivity contribution in [3.05, 3.63) is 101 Å². The van der Waals surface area contributed by atoms with Crippen LogP contribution in [0.1, 0.15) is 17.7 Å². The zero-order valence-electron chi connectivity index (χ0n) is 14.8. The number of hydrogen-bond acceptors (Lipinski definition) is 0. The molecule has 3 aromatic carbocycles. The molecule has 0 amide bonds. The van der Waals surface area contributed by atoms with Gasteiger partial charge in [0.1, 0.15) is 0 Å². The van der Waals surface area contributed by atoms with Crippen molar-refractivity contribution in [1.82, 2.24) is 4.57 Å². The normalized spacial score (nSPS) is 12.9. The fraction of sp³-hybridized carbons (Fsp3) is 0.0400. The van der Waals surface area contributed by atoms with E-state index < -0.39 is 0 Å². The number of rotatable bonds is 2. The molecule has 4 aromatic rings. The zero-order chi connectivity index (χ0) is 18.2.